The van der Waals surface area contributed by atoms with Crippen molar-refractivity contribution in [1.29, 1.82) is 0 Å². The largest absolute Gasteiger partial charge is 0.457 e. The molecule has 1 amide bonds. The maximum atomic E-state index is 13.0. The van der Waals surface area contributed by atoms with Crippen LogP contribution in [0.5, 0.6) is 11.5 Å². The van der Waals surface area contributed by atoms with Crippen LogP contribution in [0.25, 0.3) is 0 Å². The van der Waals surface area contributed by atoms with E-state index in [0.29, 0.717) is 37.4 Å². The van der Waals surface area contributed by atoms with E-state index in [0.717, 1.165) is 18.6 Å². The fourth-order valence-corrected chi connectivity index (χ4v) is 3.62. The summed E-state index contributed by atoms with van der Waals surface area (Å²) in [5.41, 5.74) is 0.642. The zero-order valence-corrected chi connectivity index (χ0v) is 16.6. The van der Waals surface area contributed by atoms with E-state index in [9.17, 15) is 9.59 Å². The van der Waals surface area contributed by atoms with Gasteiger partial charge in [-0.15, -0.1) is 5.10 Å². The van der Waals surface area contributed by atoms with E-state index in [1.54, 1.807) is 29.2 Å². The van der Waals surface area contributed by atoms with Crippen LogP contribution >= 0.6 is 0 Å². The Morgan fingerprint density at radius 1 is 1.03 bits per heavy atom. The molecule has 4 rings (SSSR count). The highest BCUT2D eigenvalue weighted by Crippen LogP contribution is 2.25. The minimum Gasteiger partial charge on any atom is -0.457 e. The van der Waals surface area contributed by atoms with Crippen LogP contribution in [-0.2, 0) is 11.3 Å². The number of nitrogens with zero attached hydrogens (tertiary/aromatic N) is 5. The molecule has 8 nitrogen and oxygen atoms in total. The van der Waals surface area contributed by atoms with Gasteiger partial charge in [0.2, 0.25) is 5.91 Å². The van der Waals surface area contributed by atoms with Crippen LogP contribution < -0.4 is 4.74 Å². The van der Waals surface area contributed by atoms with Gasteiger partial charge in [0.1, 0.15) is 17.8 Å². The highest BCUT2D eigenvalue weighted by Gasteiger charge is 2.28. The first-order valence-corrected chi connectivity index (χ1v) is 10.0. The molecule has 1 saturated heterocycles. The second-order valence-electron chi connectivity index (χ2n) is 7.31. The summed E-state index contributed by atoms with van der Waals surface area (Å²) in [4.78, 5) is 27.3. The number of para-hydroxylation sites is 1. The number of ether oxygens (including phenoxy) is 1. The third-order valence-electron chi connectivity index (χ3n) is 5.21. The van der Waals surface area contributed by atoms with Gasteiger partial charge >= 0.3 is 0 Å². The summed E-state index contributed by atoms with van der Waals surface area (Å²) in [5.74, 6) is 1.34. The Morgan fingerprint density at radius 3 is 2.53 bits per heavy atom. The highest BCUT2D eigenvalue weighted by atomic mass is 16.5. The number of likely N-dealkylation sites (tertiary alicyclic amines) is 1. The zero-order valence-electron chi connectivity index (χ0n) is 16.6. The monoisotopic (exact) mass is 405 g/mol. The van der Waals surface area contributed by atoms with E-state index in [1.165, 1.54) is 11.0 Å². The van der Waals surface area contributed by atoms with Crippen LogP contribution in [-0.4, -0.2) is 49.9 Å². The SMILES string of the molecule is O=C(c1ccc(Oc2ccccc2)cc1)[C@H]1CCCN(C(=O)CCn2cnnn2)C1. The topological polar surface area (TPSA) is 90.2 Å². The second kappa shape index (κ2) is 9.30. The number of aromatic nitrogens is 4. The molecule has 2 aromatic carbocycles. The molecule has 1 aromatic heterocycles. The fraction of sp³-hybridized carbons (Fsp3) is 0.318. The van der Waals surface area contributed by atoms with Crippen molar-refractivity contribution < 1.29 is 14.3 Å². The van der Waals surface area contributed by atoms with Crippen LogP contribution in [0, 0.1) is 5.92 Å². The maximum Gasteiger partial charge on any atom is 0.224 e. The number of amides is 1. The standard InChI is InChI=1S/C22H23N5O3/c28-21(12-14-27-16-23-24-25-27)26-13-4-5-18(15-26)22(29)17-8-10-20(11-9-17)30-19-6-2-1-3-7-19/h1-3,6-11,16,18H,4-5,12-15H2/t18-/m0/s1. The molecule has 1 atom stereocenters. The molecular weight excluding hydrogens is 382 g/mol. The number of hydrogen-bond donors (Lipinski definition) is 0. The normalized spacial score (nSPS) is 16.3. The summed E-state index contributed by atoms with van der Waals surface area (Å²) < 4.78 is 7.32. The number of hydrogen-bond acceptors (Lipinski definition) is 6. The molecule has 0 aliphatic carbocycles. The molecule has 154 valence electrons. The van der Waals surface area contributed by atoms with Crippen LogP contribution in [0.3, 0.4) is 0 Å². The first kappa shape index (κ1) is 19.8. The van der Waals surface area contributed by atoms with Gasteiger partial charge in [-0.05, 0) is 59.7 Å². The molecule has 0 unspecified atom stereocenters. The Morgan fingerprint density at radius 2 is 1.80 bits per heavy atom. The number of Topliss-reactive ketones (excluding diaryl/α,β-unsaturated/α-hetero) is 1. The van der Waals surface area contributed by atoms with Crippen molar-refractivity contribution in [2.24, 2.45) is 5.92 Å². The van der Waals surface area contributed by atoms with Gasteiger partial charge in [-0.1, -0.05) is 18.2 Å². The predicted octanol–water partition coefficient (Wildman–Crippen LogP) is 2.98. The Labute approximate surface area is 174 Å². The lowest BCUT2D eigenvalue weighted by Crippen LogP contribution is -2.42. The van der Waals surface area contributed by atoms with E-state index < -0.39 is 0 Å². The van der Waals surface area contributed by atoms with E-state index in [4.69, 9.17) is 4.74 Å². The number of piperidine rings is 1. The lowest BCUT2D eigenvalue weighted by atomic mass is 9.90. The quantitative estimate of drug-likeness (QED) is 0.562. The summed E-state index contributed by atoms with van der Waals surface area (Å²) >= 11 is 0. The first-order chi connectivity index (χ1) is 14.7. The Bertz CT molecular complexity index is 974. The van der Waals surface area contributed by atoms with Gasteiger partial charge in [-0.2, -0.15) is 0 Å². The number of tetrazole rings is 1. The van der Waals surface area contributed by atoms with Gasteiger partial charge in [0, 0.05) is 31.0 Å². The minimum absolute atomic E-state index is 0.0228. The lowest BCUT2D eigenvalue weighted by Gasteiger charge is -2.32. The Hall–Kier alpha value is -3.55. The molecule has 30 heavy (non-hydrogen) atoms. The molecule has 0 saturated carbocycles. The highest BCUT2D eigenvalue weighted by molar-refractivity contribution is 5.98. The molecule has 2 heterocycles. The number of benzene rings is 2. The van der Waals surface area contributed by atoms with Crippen LogP contribution in [0.1, 0.15) is 29.6 Å². The molecule has 0 spiro atoms. The number of rotatable bonds is 7. The smallest absolute Gasteiger partial charge is 0.224 e. The molecule has 0 radical (unpaired) electrons. The van der Waals surface area contributed by atoms with E-state index in [2.05, 4.69) is 15.5 Å². The molecule has 8 heteroatoms. The zero-order chi connectivity index (χ0) is 20.8. The summed E-state index contributed by atoms with van der Waals surface area (Å²) in [6, 6.07) is 16.7. The van der Waals surface area contributed by atoms with Gasteiger partial charge in [-0.3, -0.25) is 9.59 Å². The molecule has 3 aromatic rings. The van der Waals surface area contributed by atoms with Crippen molar-refractivity contribution in [1.82, 2.24) is 25.1 Å². The molecule has 0 bridgehead atoms. The van der Waals surface area contributed by atoms with Crippen molar-refractivity contribution in [2.75, 3.05) is 13.1 Å². The minimum atomic E-state index is -0.184. The maximum absolute atomic E-state index is 13.0. The number of carbonyl (C=O) groups is 2. The summed E-state index contributed by atoms with van der Waals surface area (Å²) in [5, 5.41) is 10.9. The van der Waals surface area contributed by atoms with Gasteiger partial charge in [-0.25, -0.2) is 4.68 Å². The van der Waals surface area contributed by atoms with Crippen molar-refractivity contribution in [3.63, 3.8) is 0 Å². The average Bonchev–Trinajstić information content (AvgIpc) is 3.32. The second-order valence-corrected chi connectivity index (χ2v) is 7.31. The third-order valence-corrected chi connectivity index (χ3v) is 5.21. The van der Waals surface area contributed by atoms with E-state index >= 15 is 0 Å². The number of carbonyl (C=O) groups excluding carboxylic acids is 2. The van der Waals surface area contributed by atoms with Crippen molar-refractivity contribution in [2.45, 2.75) is 25.8 Å². The number of aryl methyl sites for hydroxylation is 1. The van der Waals surface area contributed by atoms with Crippen molar-refractivity contribution >= 4 is 11.7 Å². The van der Waals surface area contributed by atoms with Crippen LogP contribution in [0.2, 0.25) is 0 Å². The molecular formula is C22H23N5O3. The molecule has 1 fully saturated rings. The molecule has 1 aliphatic rings. The van der Waals surface area contributed by atoms with Crippen LogP contribution in [0.4, 0.5) is 0 Å². The van der Waals surface area contributed by atoms with Crippen molar-refractivity contribution in [3.05, 3.63) is 66.5 Å². The van der Waals surface area contributed by atoms with Crippen LogP contribution in [0.15, 0.2) is 60.9 Å². The summed E-state index contributed by atoms with van der Waals surface area (Å²) in [6.45, 7) is 1.57. The van der Waals surface area contributed by atoms with Gasteiger partial charge < -0.3 is 9.64 Å². The number of ketones is 1. The van der Waals surface area contributed by atoms with Gasteiger partial charge in [0.25, 0.3) is 0 Å². The summed E-state index contributed by atoms with van der Waals surface area (Å²) in [6.07, 6.45) is 3.42. The fourth-order valence-electron chi connectivity index (χ4n) is 3.62. The molecule has 0 N–H and O–H groups in total. The predicted molar refractivity (Wildman–Crippen MR) is 109 cm³/mol. The third kappa shape index (κ3) is 4.89. The van der Waals surface area contributed by atoms with E-state index in [1.807, 2.05) is 30.3 Å². The average molecular weight is 405 g/mol. The van der Waals surface area contributed by atoms with Gasteiger partial charge in [0.05, 0.1) is 6.54 Å². The van der Waals surface area contributed by atoms with Gasteiger partial charge in [0.15, 0.2) is 5.78 Å². The summed E-state index contributed by atoms with van der Waals surface area (Å²) in [7, 11) is 0. The lowest BCUT2D eigenvalue weighted by molar-refractivity contribution is -0.132. The Balaban J connectivity index is 1.33. The molecule has 1 aliphatic heterocycles. The van der Waals surface area contributed by atoms with Crippen molar-refractivity contribution in [3.8, 4) is 11.5 Å². The first-order valence-electron chi connectivity index (χ1n) is 10.0. The Kier molecular flexibility index (Phi) is 6.12. The van der Waals surface area contributed by atoms with E-state index in [-0.39, 0.29) is 17.6 Å².